The Morgan fingerprint density at radius 1 is 1.22 bits per heavy atom. The van der Waals surface area contributed by atoms with Gasteiger partial charge in [0.05, 0.1) is 37.1 Å². The van der Waals surface area contributed by atoms with Crippen LogP contribution in [0.25, 0.3) is 11.0 Å². The van der Waals surface area contributed by atoms with E-state index in [0.29, 0.717) is 49.0 Å². The lowest BCUT2D eigenvalue weighted by atomic mass is 10.2. The zero-order valence-corrected chi connectivity index (χ0v) is 18.3. The van der Waals surface area contributed by atoms with Crippen LogP contribution in [0.2, 0.25) is 0 Å². The normalized spacial score (nSPS) is 13.9. The molecule has 10 heteroatoms. The summed E-state index contributed by atoms with van der Waals surface area (Å²) in [4.78, 5) is 45.1. The number of hydrogen-bond donors (Lipinski definition) is 1. The number of morpholine rings is 1. The van der Waals surface area contributed by atoms with Crippen LogP contribution in [0.1, 0.15) is 16.1 Å². The van der Waals surface area contributed by atoms with Gasteiger partial charge in [0.1, 0.15) is 12.1 Å². The van der Waals surface area contributed by atoms with Crippen molar-refractivity contribution in [3.05, 3.63) is 51.9 Å². The SMILES string of the molecule is COC(=O)c1ccccc1NC(=O)Cn1c(N2CCOCC2)nc2cc(C)n(C)c2c1=O. The van der Waals surface area contributed by atoms with Crippen molar-refractivity contribution in [2.24, 2.45) is 7.05 Å². The Morgan fingerprint density at radius 3 is 2.66 bits per heavy atom. The number of carbonyl (C=O) groups is 2. The fraction of sp³-hybridized carbons (Fsp3) is 0.364. The molecule has 1 aromatic carbocycles. The molecule has 1 saturated heterocycles. The number of carbonyl (C=O) groups excluding carboxylic acids is 2. The van der Waals surface area contributed by atoms with Crippen LogP contribution in [-0.4, -0.2) is 59.4 Å². The van der Waals surface area contributed by atoms with Gasteiger partial charge in [-0.05, 0) is 25.1 Å². The van der Waals surface area contributed by atoms with Gasteiger partial charge in [-0.2, -0.15) is 0 Å². The highest BCUT2D eigenvalue weighted by Crippen LogP contribution is 2.20. The summed E-state index contributed by atoms with van der Waals surface area (Å²) in [6.07, 6.45) is 0. The maximum absolute atomic E-state index is 13.4. The second-order valence-electron chi connectivity index (χ2n) is 7.57. The molecule has 4 rings (SSSR count). The Balaban J connectivity index is 1.72. The van der Waals surface area contributed by atoms with Crippen molar-refractivity contribution in [1.82, 2.24) is 14.1 Å². The maximum atomic E-state index is 13.4. The van der Waals surface area contributed by atoms with Gasteiger partial charge in [-0.25, -0.2) is 9.78 Å². The molecule has 32 heavy (non-hydrogen) atoms. The Hall–Kier alpha value is -3.66. The zero-order valence-electron chi connectivity index (χ0n) is 18.3. The van der Waals surface area contributed by atoms with E-state index in [-0.39, 0.29) is 17.7 Å². The number of nitrogens with one attached hydrogen (secondary N) is 1. The third-order valence-corrected chi connectivity index (χ3v) is 5.56. The molecule has 2 aromatic heterocycles. The molecule has 1 N–H and O–H groups in total. The second-order valence-corrected chi connectivity index (χ2v) is 7.57. The van der Waals surface area contributed by atoms with Crippen LogP contribution in [0, 0.1) is 6.92 Å². The Morgan fingerprint density at radius 2 is 1.94 bits per heavy atom. The van der Waals surface area contributed by atoms with Crippen molar-refractivity contribution in [1.29, 1.82) is 0 Å². The molecular formula is C22H25N5O5. The van der Waals surface area contributed by atoms with Crippen LogP contribution in [-0.2, 0) is 27.9 Å². The molecule has 0 radical (unpaired) electrons. The number of anilines is 2. The minimum absolute atomic E-state index is 0.232. The van der Waals surface area contributed by atoms with E-state index in [1.807, 2.05) is 17.9 Å². The predicted molar refractivity (Wildman–Crippen MR) is 119 cm³/mol. The Labute approximate surface area is 184 Å². The van der Waals surface area contributed by atoms with E-state index in [9.17, 15) is 14.4 Å². The summed E-state index contributed by atoms with van der Waals surface area (Å²) < 4.78 is 13.4. The average Bonchev–Trinajstić information content (AvgIpc) is 3.09. The molecule has 3 aromatic rings. The van der Waals surface area contributed by atoms with Gasteiger partial charge in [0.2, 0.25) is 11.9 Å². The summed E-state index contributed by atoms with van der Waals surface area (Å²) in [5.74, 6) is -0.590. The van der Waals surface area contributed by atoms with Crippen LogP contribution in [0.15, 0.2) is 35.1 Å². The van der Waals surface area contributed by atoms with Gasteiger partial charge in [0, 0.05) is 25.8 Å². The molecule has 0 saturated carbocycles. The van der Waals surface area contributed by atoms with Gasteiger partial charge in [-0.15, -0.1) is 0 Å². The van der Waals surface area contributed by atoms with E-state index in [4.69, 9.17) is 14.5 Å². The number of esters is 1. The molecule has 0 bridgehead atoms. The molecular weight excluding hydrogens is 414 g/mol. The first kappa shape index (κ1) is 21.6. The number of aryl methyl sites for hydroxylation is 2. The number of amides is 1. The third-order valence-electron chi connectivity index (χ3n) is 5.56. The van der Waals surface area contributed by atoms with E-state index >= 15 is 0 Å². The number of para-hydroxylation sites is 1. The second kappa shape index (κ2) is 8.83. The maximum Gasteiger partial charge on any atom is 0.339 e. The number of hydrogen-bond acceptors (Lipinski definition) is 7. The van der Waals surface area contributed by atoms with E-state index in [1.54, 1.807) is 35.9 Å². The Kier molecular flexibility index (Phi) is 5.95. The molecule has 1 fully saturated rings. The smallest absolute Gasteiger partial charge is 0.339 e. The topological polar surface area (TPSA) is 108 Å². The minimum Gasteiger partial charge on any atom is -0.465 e. The number of methoxy groups -OCH3 is 1. The molecule has 10 nitrogen and oxygen atoms in total. The summed E-state index contributed by atoms with van der Waals surface area (Å²) in [6.45, 7) is 3.80. The van der Waals surface area contributed by atoms with E-state index in [2.05, 4.69) is 5.32 Å². The number of ether oxygens (including phenoxy) is 2. The molecule has 1 aliphatic rings. The highest BCUT2D eigenvalue weighted by molar-refractivity contribution is 6.01. The summed E-state index contributed by atoms with van der Waals surface area (Å²) in [5, 5.41) is 2.72. The number of nitrogens with zero attached hydrogens (tertiary/aromatic N) is 4. The highest BCUT2D eigenvalue weighted by Gasteiger charge is 2.23. The Bertz CT molecular complexity index is 1240. The molecule has 0 spiro atoms. The lowest BCUT2D eigenvalue weighted by Crippen LogP contribution is -2.42. The molecule has 0 unspecified atom stereocenters. The first-order chi connectivity index (χ1) is 15.4. The van der Waals surface area contributed by atoms with Gasteiger partial charge < -0.3 is 24.3 Å². The van der Waals surface area contributed by atoms with Crippen LogP contribution in [0.5, 0.6) is 0 Å². The van der Waals surface area contributed by atoms with Crippen molar-refractivity contribution < 1.29 is 19.1 Å². The summed E-state index contributed by atoms with van der Waals surface area (Å²) in [5.41, 5.74) is 2.16. The predicted octanol–water partition coefficient (Wildman–Crippen LogP) is 1.31. The van der Waals surface area contributed by atoms with E-state index in [0.717, 1.165) is 5.69 Å². The van der Waals surface area contributed by atoms with Crippen molar-refractivity contribution >= 4 is 34.5 Å². The van der Waals surface area contributed by atoms with Gasteiger partial charge in [0.15, 0.2) is 0 Å². The fourth-order valence-electron chi connectivity index (χ4n) is 3.80. The molecule has 3 heterocycles. The number of benzene rings is 1. The first-order valence-corrected chi connectivity index (χ1v) is 10.3. The summed E-state index contributed by atoms with van der Waals surface area (Å²) in [7, 11) is 3.07. The van der Waals surface area contributed by atoms with Crippen molar-refractivity contribution in [3.63, 3.8) is 0 Å². The van der Waals surface area contributed by atoms with Gasteiger partial charge in [-0.1, -0.05) is 12.1 Å². The summed E-state index contributed by atoms with van der Waals surface area (Å²) >= 11 is 0. The minimum atomic E-state index is -0.561. The first-order valence-electron chi connectivity index (χ1n) is 10.3. The third kappa shape index (κ3) is 3.96. The zero-order chi connectivity index (χ0) is 22.8. The van der Waals surface area contributed by atoms with Crippen LogP contribution in [0.3, 0.4) is 0 Å². The molecule has 1 amide bonds. The fourth-order valence-corrected chi connectivity index (χ4v) is 3.80. The van der Waals surface area contributed by atoms with Crippen LogP contribution in [0.4, 0.5) is 11.6 Å². The van der Waals surface area contributed by atoms with Crippen molar-refractivity contribution in [3.8, 4) is 0 Å². The average molecular weight is 439 g/mol. The van der Waals surface area contributed by atoms with Gasteiger partial charge in [-0.3, -0.25) is 14.2 Å². The number of rotatable bonds is 5. The summed E-state index contributed by atoms with van der Waals surface area (Å²) in [6, 6.07) is 8.41. The van der Waals surface area contributed by atoms with Crippen LogP contribution < -0.4 is 15.8 Å². The lowest BCUT2D eigenvalue weighted by molar-refractivity contribution is -0.116. The highest BCUT2D eigenvalue weighted by atomic mass is 16.5. The largest absolute Gasteiger partial charge is 0.465 e. The quantitative estimate of drug-likeness (QED) is 0.597. The lowest BCUT2D eigenvalue weighted by Gasteiger charge is -2.29. The monoisotopic (exact) mass is 439 g/mol. The number of aromatic nitrogens is 3. The van der Waals surface area contributed by atoms with Crippen molar-refractivity contribution in [2.75, 3.05) is 43.6 Å². The van der Waals surface area contributed by atoms with Crippen molar-refractivity contribution in [2.45, 2.75) is 13.5 Å². The van der Waals surface area contributed by atoms with E-state index in [1.165, 1.54) is 11.7 Å². The standard InChI is InChI=1S/C22H25N5O5/c1-14-12-17-19(25(14)2)20(29)27(22(24-17)26-8-10-32-11-9-26)13-18(28)23-16-7-5-4-6-15(16)21(30)31-3/h4-7,12H,8-11,13H2,1-3H3,(H,23,28). The molecule has 168 valence electrons. The molecule has 0 aliphatic carbocycles. The molecule has 0 atom stereocenters. The van der Waals surface area contributed by atoms with Gasteiger partial charge >= 0.3 is 5.97 Å². The number of fused-ring (bicyclic) bond motifs is 1. The molecule has 1 aliphatic heterocycles. The van der Waals surface area contributed by atoms with E-state index < -0.39 is 11.9 Å². The van der Waals surface area contributed by atoms with Crippen LogP contribution >= 0.6 is 0 Å². The van der Waals surface area contributed by atoms with Gasteiger partial charge in [0.25, 0.3) is 5.56 Å².